The molecule has 4 N–H and O–H groups in total. The minimum atomic E-state index is 0.0367. The van der Waals surface area contributed by atoms with Crippen LogP contribution >= 0.6 is 0 Å². The highest BCUT2D eigenvalue weighted by Gasteiger charge is 2.12. The molecule has 0 aliphatic rings. The maximum absolute atomic E-state index is 6.13. The number of anilines is 1. The SMILES string of the molecule is C/C=C\C(=C(/C)N(C)c1ccc(-c2cccc(C(C)N)c2)cc1)c1ccccc1C.CCC.NC(Cc1ccccc1)c1ccccc1. The first-order valence-corrected chi connectivity index (χ1v) is 17.1. The van der Waals surface area contributed by atoms with Crippen molar-refractivity contribution in [2.24, 2.45) is 11.5 Å². The number of benzene rings is 5. The van der Waals surface area contributed by atoms with Gasteiger partial charge in [0.25, 0.3) is 0 Å². The summed E-state index contributed by atoms with van der Waals surface area (Å²) >= 11 is 0. The summed E-state index contributed by atoms with van der Waals surface area (Å²) in [6.45, 7) is 12.7. The average molecular weight is 638 g/mol. The molecule has 3 heteroatoms. The van der Waals surface area contributed by atoms with Crippen LogP contribution in [0.4, 0.5) is 5.69 Å². The molecule has 2 atom stereocenters. The second kappa shape index (κ2) is 19.8. The number of nitrogens with two attached hydrogens (primary N) is 2. The topological polar surface area (TPSA) is 55.3 Å². The third-order valence-electron chi connectivity index (χ3n) is 8.19. The van der Waals surface area contributed by atoms with Gasteiger partial charge in [-0.15, -0.1) is 0 Å². The lowest BCUT2D eigenvalue weighted by Crippen LogP contribution is -2.16. The predicted octanol–water partition coefficient (Wildman–Crippen LogP) is 11.5. The molecule has 0 saturated heterocycles. The molecule has 0 spiro atoms. The molecule has 3 nitrogen and oxygen atoms in total. The smallest absolute Gasteiger partial charge is 0.0406 e. The normalized spacial score (nSPS) is 12.5. The summed E-state index contributed by atoms with van der Waals surface area (Å²) in [7, 11) is 2.13. The van der Waals surface area contributed by atoms with Crippen molar-refractivity contribution in [2.75, 3.05) is 11.9 Å². The highest BCUT2D eigenvalue weighted by Crippen LogP contribution is 2.30. The highest BCUT2D eigenvalue weighted by atomic mass is 15.1. The van der Waals surface area contributed by atoms with Crippen LogP contribution in [0.5, 0.6) is 0 Å². The molecule has 0 radical (unpaired) electrons. The van der Waals surface area contributed by atoms with E-state index in [2.05, 4.69) is 156 Å². The van der Waals surface area contributed by atoms with E-state index < -0.39 is 0 Å². The van der Waals surface area contributed by atoms with Crippen LogP contribution in [0.15, 0.2) is 151 Å². The van der Waals surface area contributed by atoms with Crippen molar-refractivity contribution in [1.82, 2.24) is 0 Å². The number of allylic oxidation sites excluding steroid dienone is 4. The van der Waals surface area contributed by atoms with Gasteiger partial charge in [-0.1, -0.05) is 148 Å². The van der Waals surface area contributed by atoms with E-state index in [1.165, 1.54) is 51.1 Å². The Hall–Kier alpha value is -4.70. The number of hydrogen-bond donors (Lipinski definition) is 2. The van der Waals surface area contributed by atoms with Crippen LogP contribution in [0.1, 0.15) is 80.9 Å². The van der Waals surface area contributed by atoms with Crippen molar-refractivity contribution in [3.63, 3.8) is 0 Å². The van der Waals surface area contributed by atoms with Gasteiger partial charge in [-0.25, -0.2) is 0 Å². The lowest BCUT2D eigenvalue weighted by molar-refractivity contribution is 0.722. The molecular formula is C45H55N3. The van der Waals surface area contributed by atoms with Crippen LogP contribution < -0.4 is 16.4 Å². The van der Waals surface area contributed by atoms with E-state index in [0.29, 0.717) is 0 Å². The third-order valence-corrected chi connectivity index (χ3v) is 8.19. The molecule has 2 unspecified atom stereocenters. The van der Waals surface area contributed by atoms with Crippen LogP contribution in [0, 0.1) is 6.92 Å². The van der Waals surface area contributed by atoms with Crippen LogP contribution in [-0.4, -0.2) is 7.05 Å². The lowest BCUT2D eigenvalue weighted by atomic mass is 9.97. The molecular weight excluding hydrogens is 583 g/mol. The Bertz CT molecular complexity index is 1700. The van der Waals surface area contributed by atoms with Gasteiger partial charge >= 0.3 is 0 Å². The van der Waals surface area contributed by atoms with E-state index in [0.717, 1.165) is 17.7 Å². The van der Waals surface area contributed by atoms with E-state index in [1.54, 1.807) is 0 Å². The largest absolute Gasteiger partial charge is 0.348 e. The Balaban J connectivity index is 0.000000288. The Labute approximate surface area is 290 Å². The Kier molecular flexibility index (Phi) is 15.6. The molecule has 0 amide bonds. The van der Waals surface area contributed by atoms with Crippen molar-refractivity contribution < 1.29 is 0 Å². The zero-order valence-electron chi connectivity index (χ0n) is 30.0. The molecule has 0 saturated carbocycles. The Morgan fingerprint density at radius 1 is 0.708 bits per heavy atom. The molecule has 250 valence electrons. The van der Waals surface area contributed by atoms with E-state index in [4.69, 9.17) is 11.5 Å². The maximum atomic E-state index is 6.13. The van der Waals surface area contributed by atoms with Gasteiger partial charge < -0.3 is 16.4 Å². The first kappa shape index (κ1) is 37.8. The number of aryl methyl sites for hydroxylation is 1. The van der Waals surface area contributed by atoms with Crippen LogP contribution in [0.3, 0.4) is 0 Å². The van der Waals surface area contributed by atoms with Gasteiger partial charge in [-0.3, -0.25) is 0 Å². The summed E-state index contributed by atoms with van der Waals surface area (Å²) in [4.78, 5) is 2.25. The molecule has 5 aromatic carbocycles. The van der Waals surface area contributed by atoms with Crippen molar-refractivity contribution in [2.45, 2.75) is 66.5 Å². The predicted molar refractivity (Wildman–Crippen MR) is 211 cm³/mol. The molecule has 0 aliphatic carbocycles. The minimum Gasteiger partial charge on any atom is -0.348 e. The second-order valence-electron chi connectivity index (χ2n) is 12.2. The zero-order chi connectivity index (χ0) is 34.9. The van der Waals surface area contributed by atoms with Gasteiger partial charge in [-0.2, -0.15) is 0 Å². The van der Waals surface area contributed by atoms with Crippen LogP contribution in [0.25, 0.3) is 16.7 Å². The average Bonchev–Trinajstić information content (AvgIpc) is 3.12. The van der Waals surface area contributed by atoms with Gasteiger partial charge in [0.15, 0.2) is 0 Å². The zero-order valence-corrected chi connectivity index (χ0v) is 30.0. The number of nitrogens with zero attached hydrogens (tertiary/aromatic N) is 1. The molecule has 0 bridgehead atoms. The number of rotatable bonds is 9. The van der Waals surface area contributed by atoms with E-state index in [9.17, 15) is 0 Å². The van der Waals surface area contributed by atoms with E-state index >= 15 is 0 Å². The summed E-state index contributed by atoms with van der Waals surface area (Å²) in [5.74, 6) is 0. The summed E-state index contributed by atoms with van der Waals surface area (Å²) in [6.07, 6.45) is 6.44. The van der Waals surface area contributed by atoms with Gasteiger partial charge in [0.2, 0.25) is 0 Å². The summed E-state index contributed by atoms with van der Waals surface area (Å²) in [5, 5.41) is 0. The van der Waals surface area contributed by atoms with Gasteiger partial charge in [0.05, 0.1) is 0 Å². The monoisotopic (exact) mass is 637 g/mol. The molecule has 5 aromatic rings. The quantitative estimate of drug-likeness (QED) is 0.158. The van der Waals surface area contributed by atoms with Crippen molar-refractivity contribution in [1.29, 1.82) is 0 Å². The fraction of sp³-hybridized carbons (Fsp3) is 0.244. The Morgan fingerprint density at radius 3 is 1.85 bits per heavy atom. The summed E-state index contributed by atoms with van der Waals surface area (Å²) in [5.41, 5.74) is 24.4. The van der Waals surface area contributed by atoms with Gasteiger partial charge in [0.1, 0.15) is 0 Å². The molecule has 0 heterocycles. The van der Waals surface area contributed by atoms with Gasteiger partial charge in [-0.05, 0) is 91.3 Å². The highest BCUT2D eigenvalue weighted by molar-refractivity contribution is 5.81. The summed E-state index contributed by atoms with van der Waals surface area (Å²) in [6, 6.07) is 46.4. The molecule has 48 heavy (non-hydrogen) atoms. The number of hydrogen-bond acceptors (Lipinski definition) is 3. The van der Waals surface area contributed by atoms with Crippen LogP contribution in [0.2, 0.25) is 0 Å². The second-order valence-corrected chi connectivity index (χ2v) is 12.2. The standard InChI is InChI=1S/C28H32N2.C14H15N.C3H8/c1-6-10-28(27-14-8-7-11-20(27)2)22(4)30(5)26-17-15-23(16-18-26)25-13-9-12-24(19-25)21(3)29;15-14(13-9-5-2-6-10-13)11-12-7-3-1-4-8-12;1-3-2/h6-19,21H,29H2,1-5H3;1-10,14H,11,15H2;3H2,1-2H3/b10-6-,28-22-;;. The Morgan fingerprint density at radius 2 is 1.27 bits per heavy atom. The molecule has 0 aliphatic heterocycles. The fourth-order valence-electron chi connectivity index (χ4n) is 5.39. The third kappa shape index (κ3) is 11.2. The van der Waals surface area contributed by atoms with E-state index in [-0.39, 0.29) is 12.1 Å². The molecule has 0 fully saturated rings. The fourth-order valence-corrected chi connectivity index (χ4v) is 5.39. The van der Waals surface area contributed by atoms with Gasteiger partial charge in [0, 0.05) is 36.1 Å². The van der Waals surface area contributed by atoms with Crippen LogP contribution in [-0.2, 0) is 6.42 Å². The van der Waals surface area contributed by atoms with Crippen molar-refractivity contribution in [3.8, 4) is 11.1 Å². The van der Waals surface area contributed by atoms with E-state index in [1.807, 2.05) is 43.3 Å². The van der Waals surface area contributed by atoms with Crippen molar-refractivity contribution in [3.05, 3.63) is 179 Å². The maximum Gasteiger partial charge on any atom is 0.0406 e. The minimum absolute atomic E-state index is 0.0367. The molecule has 5 rings (SSSR count). The van der Waals surface area contributed by atoms with Crippen molar-refractivity contribution >= 4 is 11.3 Å². The molecule has 0 aromatic heterocycles. The first-order chi connectivity index (χ1) is 23.2. The lowest BCUT2D eigenvalue weighted by Gasteiger charge is -2.24. The summed E-state index contributed by atoms with van der Waals surface area (Å²) < 4.78 is 0. The first-order valence-electron chi connectivity index (χ1n) is 17.1.